The normalized spacial score (nSPS) is 12.0. The lowest BCUT2D eigenvalue weighted by molar-refractivity contribution is -0.870. The standard InChI is InChI=1S/C24H29N5O3.C19H42N/c1-4-5-10-21(30)29(22(16(2)3)24(31)32)15-17-11-13-18(14-12-17)19-8-6-7-9-20(19)23-25-27-28-26-23;1-5-6-7-8-9-10-11-12-13-14-15-16-17-18-19-20(2,3)4/h6-9,11-14,16,22H,4-5,10,15H2,1-3H3,(H,31,32)(H,25,26,27,28);5-19H2,1-4H3/q;+1/p-1/t22-;/m0./s1. The number of hydrogen-bond acceptors (Lipinski definition) is 6. The Morgan fingerprint density at radius 2 is 1.25 bits per heavy atom. The maximum atomic E-state index is 12.8. The number of nitrogens with one attached hydrogen (secondary N) is 1. The number of nitrogens with zero attached hydrogens (tertiary/aromatic N) is 5. The summed E-state index contributed by atoms with van der Waals surface area (Å²) in [5.41, 5.74) is 3.61. The topological polar surface area (TPSA) is 115 Å². The second kappa shape index (κ2) is 25.4. The summed E-state index contributed by atoms with van der Waals surface area (Å²) in [6.45, 7) is 9.42. The minimum absolute atomic E-state index is 0.165. The van der Waals surface area contributed by atoms with Crippen LogP contribution in [0.1, 0.15) is 142 Å². The Labute approximate surface area is 315 Å². The molecule has 0 aliphatic heterocycles. The van der Waals surface area contributed by atoms with Crippen molar-refractivity contribution in [2.24, 2.45) is 5.92 Å². The Morgan fingerprint density at radius 1 is 0.731 bits per heavy atom. The van der Waals surface area contributed by atoms with Gasteiger partial charge in [0.1, 0.15) is 0 Å². The summed E-state index contributed by atoms with van der Waals surface area (Å²) in [5.74, 6) is -1.14. The van der Waals surface area contributed by atoms with E-state index in [2.05, 4.69) is 48.7 Å². The van der Waals surface area contributed by atoms with Gasteiger partial charge in [-0.3, -0.25) is 4.79 Å². The van der Waals surface area contributed by atoms with Crippen molar-refractivity contribution in [3.8, 4) is 22.5 Å². The van der Waals surface area contributed by atoms with Gasteiger partial charge >= 0.3 is 0 Å². The van der Waals surface area contributed by atoms with Crippen molar-refractivity contribution in [1.29, 1.82) is 0 Å². The third kappa shape index (κ3) is 17.8. The zero-order chi connectivity index (χ0) is 38.2. The highest BCUT2D eigenvalue weighted by Crippen LogP contribution is 2.30. The van der Waals surface area contributed by atoms with Crippen LogP contribution in [0.15, 0.2) is 48.5 Å². The van der Waals surface area contributed by atoms with Crippen LogP contribution in [0.3, 0.4) is 0 Å². The molecule has 0 saturated carbocycles. The van der Waals surface area contributed by atoms with Gasteiger partial charge in [-0.15, -0.1) is 10.2 Å². The molecule has 1 atom stereocenters. The van der Waals surface area contributed by atoms with Crippen LogP contribution >= 0.6 is 0 Å². The van der Waals surface area contributed by atoms with Crippen LogP contribution in [-0.4, -0.2) is 75.6 Å². The number of H-pyrrole nitrogens is 1. The first-order valence-electron chi connectivity index (χ1n) is 20.2. The van der Waals surface area contributed by atoms with Gasteiger partial charge in [0.15, 0.2) is 0 Å². The van der Waals surface area contributed by atoms with Crippen LogP contribution in [0.5, 0.6) is 0 Å². The highest BCUT2D eigenvalue weighted by molar-refractivity contribution is 5.83. The molecule has 9 heteroatoms. The van der Waals surface area contributed by atoms with E-state index in [0.29, 0.717) is 12.2 Å². The molecule has 0 aliphatic carbocycles. The molecule has 0 fully saturated rings. The van der Waals surface area contributed by atoms with Crippen molar-refractivity contribution in [2.75, 3.05) is 27.7 Å². The minimum Gasteiger partial charge on any atom is -0.548 e. The van der Waals surface area contributed by atoms with Gasteiger partial charge in [0.25, 0.3) is 0 Å². The monoisotopic (exact) mass is 719 g/mol. The number of carbonyl (C=O) groups excluding carboxylic acids is 2. The zero-order valence-corrected chi connectivity index (χ0v) is 33.7. The molecule has 9 nitrogen and oxygen atoms in total. The maximum absolute atomic E-state index is 12.8. The van der Waals surface area contributed by atoms with Crippen LogP contribution in [-0.2, 0) is 16.1 Å². The molecule has 3 rings (SSSR count). The van der Waals surface area contributed by atoms with Crippen molar-refractivity contribution >= 4 is 11.9 Å². The second-order valence-electron chi connectivity index (χ2n) is 15.7. The van der Waals surface area contributed by atoms with E-state index in [1.54, 1.807) is 13.8 Å². The van der Waals surface area contributed by atoms with E-state index < -0.39 is 12.0 Å². The molecule has 0 bridgehead atoms. The summed E-state index contributed by atoms with van der Waals surface area (Å²) in [4.78, 5) is 26.1. The molecule has 0 radical (unpaired) electrons. The van der Waals surface area contributed by atoms with E-state index in [-0.39, 0.29) is 18.4 Å². The molecule has 0 spiro atoms. The van der Waals surface area contributed by atoms with Crippen LogP contribution in [0.4, 0.5) is 0 Å². The van der Waals surface area contributed by atoms with Gasteiger partial charge in [0.2, 0.25) is 11.7 Å². The summed E-state index contributed by atoms with van der Waals surface area (Å²) < 4.78 is 1.12. The summed E-state index contributed by atoms with van der Waals surface area (Å²) in [7, 11) is 6.88. The summed E-state index contributed by atoms with van der Waals surface area (Å²) in [6.07, 6.45) is 22.3. The molecular formula is C43H70N6O3. The summed E-state index contributed by atoms with van der Waals surface area (Å²) in [5, 5.41) is 26.1. The fourth-order valence-electron chi connectivity index (χ4n) is 6.55. The number of aliphatic carboxylic acids is 1. The molecule has 1 aromatic heterocycles. The van der Waals surface area contributed by atoms with E-state index >= 15 is 0 Å². The molecule has 2 aromatic carbocycles. The van der Waals surface area contributed by atoms with Crippen molar-refractivity contribution < 1.29 is 19.2 Å². The molecule has 0 aliphatic rings. The quantitative estimate of drug-likeness (QED) is 0.0691. The molecule has 0 saturated heterocycles. The number of benzene rings is 2. The highest BCUT2D eigenvalue weighted by Gasteiger charge is 2.27. The average molecular weight is 719 g/mol. The Morgan fingerprint density at radius 3 is 1.71 bits per heavy atom. The van der Waals surface area contributed by atoms with E-state index in [9.17, 15) is 14.7 Å². The zero-order valence-electron chi connectivity index (χ0n) is 33.7. The number of carbonyl (C=O) groups is 2. The summed E-state index contributed by atoms with van der Waals surface area (Å²) >= 11 is 0. The first kappa shape index (κ1) is 44.6. The average Bonchev–Trinajstić information content (AvgIpc) is 3.65. The molecule has 1 N–H and O–H groups in total. The van der Waals surface area contributed by atoms with Crippen molar-refractivity contribution in [1.82, 2.24) is 25.5 Å². The van der Waals surface area contributed by atoms with E-state index in [1.807, 2.05) is 55.5 Å². The molecule has 290 valence electrons. The third-order valence-electron chi connectivity index (χ3n) is 9.59. The van der Waals surface area contributed by atoms with E-state index in [0.717, 1.165) is 39.6 Å². The molecule has 1 heterocycles. The number of amides is 1. The van der Waals surface area contributed by atoms with Crippen LogP contribution in [0, 0.1) is 5.92 Å². The molecular weight excluding hydrogens is 649 g/mol. The van der Waals surface area contributed by atoms with Crippen molar-refractivity contribution in [3.63, 3.8) is 0 Å². The number of aromatic nitrogens is 4. The Hall–Kier alpha value is -3.59. The molecule has 1 amide bonds. The van der Waals surface area contributed by atoms with Gasteiger partial charge < -0.3 is 19.3 Å². The number of carboxylic acids is 1. The molecule has 52 heavy (non-hydrogen) atoms. The number of unbranched alkanes of at least 4 members (excludes halogenated alkanes) is 14. The third-order valence-corrected chi connectivity index (χ3v) is 9.59. The molecule has 0 unspecified atom stereocenters. The van der Waals surface area contributed by atoms with Crippen LogP contribution < -0.4 is 5.11 Å². The van der Waals surface area contributed by atoms with Gasteiger partial charge in [-0.2, -0.15) is 5.21 Å². The van der Waals surface area contributed by atoms with Crippen LogP contribution in [0.2, 0.25) is 0 Å². The predicted octanol–water partition coefficient (Wildman–Crippen LogP) is 9.00. The second-order valence-corrected chi connectivity index (χ2v) is 15.7. The number of rotatable bonds is 25. The Balaban J connectivity index is 0.000000405. The number of carboxylic acid groups (broad SMARTS) is 1. The lowest BCUT2D eigenvalue weighted by Gasteiger charge is -2.35. The first-order chi connectivity index (χ1) is 25.0. The Kier molecular flexibility index (Phi) is 21.8. The first-order valence-corrected chi connectivity index (χ1v) is 20.2. The van der Waals surface area contributed by atoms with Gasteiger partial charge in [-0.1, -0.05) is 160 Å². The van der Waals surface area contributed by atoms with Gasteiger partial charge in [-0.05, 0) is 47.1 Å². The number of aromatic amines is 1. The smallest absolute Gasteiger partial charge is 0.223 e. The largest absolute Gasteiger partial charge is 0.548 e. The van der Waals surface area contributed by atoms with Crippen molar-refractivity contribution in [2.45, 2.75) is 149 Å². The molecule has 3 aromatic rings. The lowest BCUT2D eigenvalue weighted by atomic mass is 9.97. The number of tetrazole rings is 1. The summed E-state index contributed by atoms with van der Waals surface area (Å²) in [6, 6.07) is 14.5. The number of quaternary nitrogens is 1. The minimum atomic E-state index is -1.23. The highest BCUT2D eigenvalue weighted by atomic mass is 16.4. The maximum Gasteiger partial charge on any atom is 0.223 e. The van der Waals surface area contributed by atoms with Gasteiger partial charge in [0.05, 0.1) is 39.7 Å². The SMILES string of the molecule is CCCCC(=O)N(Cc1ccc(-c2ccccc2-c2nn[nH]n2)cc1)[C@H](C(=O)[O-])C(C)C.CCCCCCCCCCCCCCCC[N+](C)(C)C. The van der Waals surface area contributed by atoms with Gasteiger partial charge in [0, 0.05) is 18.5 Å². The van der Waals surface area contributed by atoms with Gasteiger partial charge in [-0.25, -0.2) is 0 Å². The predicted molar refractivity (Wildman–Crippen MR) is 212 cm³/mol. The van der Waals surface area contributed by atoms with Crippen LogP contribution in [0.25, 0.3) is 22.5 Å². The van der Waals surface area contributed by atoms with E-state index in [1.165, 1.54) is 101 Å². The fraction of sp³-hybridized carbons (Fsp3) is 0.651. The van der Waals surface area contributed by atoms with Crippen molar-refractivity contribution in [3.05, 3.63) is 54.1 Å². The fourth-order valence-corrected chi connectivity index (χ4v) is 6.55. The lowest BCUT2D eigenvalue weighted by Crippen LogP contribution is -2.52. The Bertz CT molecular complexity index is 1370. The van der Waals surface area contributed by atoms with E-state index in [4.69, 9.17) is 0 Å². The number of hydrogen-bond donors (Lipinski definition) is 1.